The highest BCUT2D eigenvalue weighted by Gasteiger charge is 2.07. The number of benzene rings is 1. The van der Waals surface area contributed by atoms with Crippen LogP contribution in [0.25, 0.3) is 0 Å². The Hall–Kier alpha value is -1.11. The Bertz CT molecular complexity index is 442. The molecule has 0 heterocycles. The van der Waals surface area contributed by atoms with Crippen LogP contribution in [-0.2, 0) is 14.8 Å². The van der Waals surface area contributed by atoms with E-state index in [1.807, 2.05) is 13.8 Å². The topological polar surface area (TPSA) is 81.4 Å². The molecule has 96 valence electrons. The molecule has 0 saturated carbocycles. The van der Waals surface area contributed by atoms with Crippen LogP contribution in [0.15, 0.2) is 29.2 Å². The Morgan fingerprint density at radius 3 is 2.41 bits per heavy atom. The Labute approximate surface area is 102 Å². The van der Waals surface area contributed by atoms with Gasteiger partial charge in [0.25, 0.3) is 0 Å². The predicted octanol–water partition coefficient (Wildman–Crippen LogP) is 1.17. The fourth-order valence-corrected chi connectivity index (χ4v) is 1.88. The number of rotatable bonds is 6. The molecule has 6 heteroatoms. The molecule has 0 aromatic heterocycles. The zero-order valence-electron chi connectivity index (χ0n) is 10.0. The van der Waals surface area contributed by atoms with Crippen molar-refractivity contribution in [1.29, 1.82) is 0 Å². The molecular weight excluding hydrogens is 240 g/mol. The summed E-state index contributed by atoms with van der Waals surface area (Å²) in [5.41, 5.74) is 0.838. The maximum absolute atomic E-state index is 11.0. The quantitative estimate of drug-likeness (QED) is 0.802. The van der Waals surface area contributed by atoms with Crippen LogP contribution in [0.3, 0.4) is 0 Å². The van der Waals surface area contributed by atoms with E-state index in [1.165, 1.54) is 12.1 Å². The maximum Gasteiger partial charge on any atom is 0.238 e. The van der Waals surface area contributed by atoms with E-state index in [4.69, 9.17) is 9.88 Å². The Kier molecular flexibility index (Phi) is 4.92. The maximum atomic E-state index is 11.0. The van der Waals surface area contributed by atoms with Crippen LogP contribution >= 0.6 is 0 Å². The summed E-state index contributed by atoms with van der Waals surface area (Å²) in [4.78, 5) is 0.112. The normalized spacial score (nSPS) is 13.4. The van der Waals surface area contributed by atoms with Gasteiger partial charge in [0, 0.05) is 18.3 Å². The molecule has 5 nitrogen and oxygen atoms in total. The number of anilines is 1. The van der Waals surface area contributed by atoms with Crippen LogP contribution in [-0.4, -0.2) is 27.7 Å². The van der Waals surface area contributed by atoms with E-state index in [9.17, 15) is 8.42 Å². The number of primary sulfonamides is 1. The lowest BCUT2D eigenvalue weighted by Crippen LogP contribution is -2.21. The van der Waals surface area contributed by atoms with E-state index in [1.54, 1.807) is 12.1 Å². The molecule has 0 amide bonds. The first kappa shape index (κ1) is 14.0. The summed E-state index contributed by atoms with van der Waals surface area (Å²) in [5.74, 6) is 0. The number of sulfonamides is 1. The molecule has 1 unspecified atom stereocenters. The predicted molar refractivity (Wildman–Crippen MR) is 67.4 cm³/mol. The van der Waals surface area contributed by atoms with Gasteiger partial charge >= 0.3 is 0 Å². The molecule has 0 bridgehead atoms. The van der Waals surface area contributed by atoms with Gasteiger partial charge in [-0.15, -0.1) is 0 Å². The van der Waals surface area contributed by atoms with E-state index in [-0.39, 0.29) is 10.9 Å². The highest BCUT2D eigenvalue weighted by atomic mass is 32.2. The first-order valence-electron chi connectivity index (χ1n) is 5.40. The van der Waals surface area contributed by atoms with Gasteiger partial charge in [-0.2, -0.15) is 0 Å². The van der Waals surface area contributed by atoms with Gasteiger partial charge in [-0.05, 0) is 38.1 Å². The molecule has 1 aromatic rings. The Balaban J connectivity index is 2.63. The standard InChI is InChI=1S/C11H18N2O3S/c1-3-16-8-9(2)13-10-4-6-11(7-5-10)17(12,14)15/h4-7,9,13H,3,8H2,1-2H3,(H2,12,14,15). The van der Waals surface area contributed by atoms with Crippen molar-refractivity contribution in [1.82, 2.24) is 0 Å². The van der Waals surface area contributed by atoms with Crippen molar-refractivity contribution in [3.8, 4) is 0 Å². The SMILES string of the molecule is CCOCC(C)Nc1ccc(S(N)(=O)=O)cc1. The molecule has 1 atom stereocenters. The van der Waals surface area contributed by atoms with E-state index in [2.05, 4.69) is 5.32 Å². The smallest absolute Gasteiger partial charge is 0.238 e. The van der Waals surface area contributed by atoms with E-state index >= 15 is 0 Å². The molecule has 1 rings (SSSR count). The molecule has 0 saturated heterocycles. The number of ether oxygens (including phenoxy) is 1. The molecule has 17 heavy (non-hydrogen) atoms. The zero-order valence-corrected chi connectivity index (χ0v) is 10.8. The minimum absolute atomic E-state index is 0.112. The summed E-state index contributed by atoms with van der Waals surface area (Å²) in [6, 6.07) is 6.48. The fraction of sp³-hybridized carbons (Fsp3) is 0.455. The first-order chi connectivity index (χ1) is 7.93. The Morgan fingerprint density at radius 1 is 1.35 bits per heavy atom. The monoisotopic (exact) mass is 258 g/mol. The molecule has 3 N–H and O–H groups in total. The number of nitrogens with one attached hydrogen (secondary N) is 1. The summed E-state index contributed by atoms with van der Waals surface area (Å²) >= 11 is 0. The third-order valence-corrected chi connectivity index (χ3v) is 3.10. The molecule has 0 aliphatic rings. The summed E-state index contributed by atoms with van der Waals surface area (Å²) in [6.45, 7) is 5.21. The molecule has 0 aliphatic carbocycles. The lowest BCUT2D eigenvalue weighted by atomic mass is 10.3. The van der Waals surface area contributed by atoms with Crippen LogP contribution in [0.1, 0.15) is 13.8 Å². The number of hydrogen-bond acceptors (Lipinski definition) is 4. The lowest BCUT2D eigenvalue weighted by molar-refractivity contribution is 0.141. The molecule has 0 aliphatic heterocycles. The second-order valence-electron chi connectivity index (χ2n) is 3.77. The van der Waals surface area contributed by atoms with Gasteiger partial charge in [-0.25, -0.2) is 13.6 Å². The highest BCUT2D eigenvalue weighted by molar-refractivity contribution is 7.89. The second kappa shape index (κ2) is 6.00. The van der Waals surface area contributed by atoms with Crippen LogP contribution in [0.5, 0.6) is 0 Å². The number of nitrogens with two attached hydrogens (primary N) is 1. The summed E-state index contributed by atoms with van der Waals surface area (Å²) in [5, 5.41) is 8.20. The third-order valence-electron chi connectivity index (χ3n) is 2.17. The molecular formula is C11H18N2O3S. The summed E-state index contributed by atoms with van der Waals surface area (Å²) < 4.78 is 27.4. The van der Waals surface area contributed by atoms with E-state index in [0.29, 0.717) is 13.2 Å². The van der Waals surface area contributed by atoms with Gasteiger partial charge in [0.15, 0.2) is 0 Å². The van der Waals surface area contributed by atoms with Crippen molar-refractivity contribution < 1.29 is 13.2 Å². The second-order valence-corrected chi connectivity index (χ2v) is 5.34. The highest BCUT2D eigenvalue weighted by Crippen LogP contribution is 2.13. The van der Waals surface area contributed by atoms with Crippen LogP contribution in [0.4, 0.5) is 5.69 Å². The molecule has 1 aromatic carbocycles. The minimum Gasteiger partial charge on any atom is -0.380 e. The van der Waals surface area contributed by atoms with Crippen LogP contribution in [0, 0.1) is 0 Å². The minimum atomic E-state index is -3.61. The van der Waals surface area contributed by atoms with Gasteiger partial charge in [0.2, 0.25) is 10.0 Å². The van der Waals surface area contributed by atoms with E-state index < -0.39 is 10.0 Å². The molecule has 0 spiro atoms. The van der Waals surface area contributed by atoms with Crippen LogP contribution < -0.4 is 10.5 Å². The van der Waals surface area contributed by atoms with Gasteiger partial charge < -0.3 is 10.1 Å². The van der Waals surface area contributed by atoms with Crippen molar-refractivity contribution in [3.05, 3.63) is 24.3 Å². The van der Waals surface area contributed by atoms with Gasteiger partial charge in [-0.1, -0.05) is 0 Å². The van der Waals surface area contributed by atoms with Crippen molar-refractivity contribution in [2.45, 2.75) is 24.8 Å². The lowest BCUT2D eigenvalue weighted by Gasteiger charge is -2.15. The summed E-state index contributed by atoms with van der Waals surface area (Å²) in [6.07, 6.45) is 0. The van der Waals surface area contributed by atoms with Crippen LogP contribution in [0.2, 0.25) is 0 Å². The average molecular weight is 258 g/mol. The third kappa shape index (κ3) is 4.72. The average Bonchev–Trinajstić information content (AvgIpc) is 2.26. The van der Waals surface area contributed by atoms with Gasteiger partial charge in [0.1, 0.15) is 0 Å². The summed E-state index contributed by atoms with van der Waals surface area (Å²) in [7, 11) is -3.61. The largest absolute Gasteiger partial charge is 0.380 e. The van der Waals surface area contributed by atoms with Crippen molar-refractivity contribution in [2.75, 3.05) is 18.5 Å². The van der Waals surface area contributed by atoms with Gasteiger partial charge in [-0.3, -0.25) is 0 Å². The van der Waals surface area contributed by atoms with Crippen molar-refractivity contribution in [2.24, 2.45) is 5.14 Å². The van der Waals surface area contributed by atoms with Crippen molar-refractivity contribution in [3.63, 3.8) is 0 Å². The molecule has 0 fully saturated rings. The fourth-order valence-electron chi connectivity index (χ4n) is 1.36. The van der Waals surface area contributed by atoms with Crippen molar-refractivity contribution >= 4 is 15.7 Å². The van der Waals surface area contributed by atoms with Gasteiger partial charge in [0.05, 0.1) is 11.5 Å². The number of hydrogen-bond donors (Lipinski definition) is 2. The first-order valence-corrected chi connectivity index (χ1v) is 6.95. The zero-order chi connectivity index (χ0) is 12.9. The Morgan fingerprint density at radius 2 is 1.94 bits per heavy atom. The van der Waals surface area contributed by atoms with E-state index in [0.717, 1.165) is 5.69 Å². The molecule has 0 radical (unpaired) electrons.